The summed E-state index contributed by atoms with van der Waals surface area (Å²) in [6.07, 6.45) is 13.6. The van der Waals surface area contributed by atoms with E-state index < -0.39 is 0 Å². The molecule has 2 bridgehead atoms. The van der Waals surface area contributed by atoms with Gasteiger partial charge in [-0.15, -0.1) is 0 Å². The highest BCUT2D eigenvalue weighted by Gasteiger charge is 2.67. The average Bonchev–Trinajstić information content (AvgIpc) is 2.88. The van der Waals surface area contributed by atoms with Gasteiger partial charge in [-0.05, 0) is 80.6 Å². The average molecular weight is 261 g/mol. The minimum Gasteiger partial charge on any atom is -0.313 e. The Kier molecular flexibility index (Phi) is 3.38. The van der Waals surface area contributed by atoms with Gasteiger partial charge in [0.25, 0.3) is 0 Å². The SMILES string of the molecule is CCCNC(C1CCCCC1)C1C2C3CCC(C3)C21. The van der Waals surface area contributed by atoms with Gasteiger partial charge in [0.15, 0.2) is 0 Å². The topological polar surface area (TPSA) is 12.0 Å². The maximum Gasteiger partial charge on any atom is 0.0129 e. The van der Waals surface area contributed by atoms with Crippen LogP contribution < -0.4 is 5.32 Å². The van der Waals surface area contributed by atoms with Gasteiger partial charge in [0, 0.05) is 6.04 Å². The van der Waals surface area contributed by atoms with Crippen molar-refractivity contribution < 1.29 is 0 Å². The van der Waals surface area contributed by atoms with E-state index in [0.717, 1.165) is 41.5 Å². The highest BCUT2D eigenvalue weighted by Crippen LogP contribution is 2.71. The molecule has 4 fully saturated rings. The van der Waals surface area contributed by atoms with Gasteiger partial charge >= 0.3 is 0 Å². The van der Waals surface area contributed by atoms with Gasteiger partial charge in [-0.1, -0.05) is 26.2 Å². The summed E-state index contributed by atoms with van der Waals surface area (Å²) in [4.78, 5) is 0. The molecule has 0 aliphatic heterocycles. The fourth-order valence-corrected chi connectivity index (χ4v) is 6.29. The molecule has 0 saturated heterocycles. The second kappa shape index (κ2) is 5.06. The molecule has 0 heterocycles. The molecule has 0 amide bonds. The van der Waals surface area contributed by atoms with Crippen molar-refractivity contribution in [3.63, 3.8) is 0 Å². The van der Waals surface area contributed by atoms with E-state index in [4.69, 9.17) is 0 Å². The van der Waals surface area contributed by atoms with Crippen LogP contribution in [0.1, 0.15) is 64.7 Å². The Morgan fingerprint density at radius 2 is 1.63 bits per heavy atom. The van der Waals surface area contributed by atoms with Crippen molar-refractivity contribution in [3.05, 3.63) is 0 Å². The van der Waals surface area contributed by atoms with Crippen molar-refractivity contribution in [2.45, 2.75) is 70.8 Å². The van der Waals surface area contributed by atoms with E-state index in [1.54, 1.807) is 19.3 Å². The van der Waals surface area contributed by atoms with Crippen LogP contribution in [-0.4, -0.2) is 12.6 Å². The Bertz CT molecular complexity index is 304. The maximum atomic E-state index is 4.00. The molecular formula is C18H31N. The van der Waals surface area contributed by atoms with Crippen LogP contribution in [-0.2, 0) is 0 Å². The van der Waals surface area contributed by atoms with Crippen molar-refractivity contribution in [2.75, 3.05) is 6.54 Å². The summed E-state index contributed by atoms with van der Waals surface area (Å²) < 4.78 is 0. The van der Waals surface area contributed by atoms with Gasteiger partial charge in [0.1, 0.15) is 0 Å². The van der Waals surface area contributed by atoms with Crippen LogP contribution >= 0.6 is 0 Å². The lowest BCUT2D eigenvalue weighted by Crippen LogP contribution is -2.41. The fraction of sp³-hybridized carbons (Fsp3) is 1.00. The Morgan fingerprint density at radius 3 is 2.26 bits per heavy atom. The largest absolute Gasteiger partial charge is 0.313 e. The number of rotatable bonds is 5. The predicted molar refractivity (Wildman–Crippen MR) is 80.0 cm³/mol. The second-order valence-electron chi connectivity index (χ2n) is 7.94. The van der Waals surface area contributed by atoms with E-state index in [-0.39, 0.29) is 0 Å². The van der Waals surface area contributed by atoms with Crippen LogP contribution in [0.3, 0.4) is 0 Å². The highest BCUT2D eigenvalue weighted by atomic mass is 15.0. The lowest BCUT2D eigenvalue weighted by Gasteiger charge is -2.33. The van der Waals surface area contributed by atoms with E-state index in [9.17, 15) is 0 Å². The zero-order valence-electron chi connectivity index (χ0n) is 12.6. The normalized spacial score (nSPS) is 46.3. The molecule has 19 heavy (non-hydrogen) atoms. The summed E-state index contributed by atoms with van der Waals surface area (Å²) in [7, 11) is 0. The molecule has 4 aliphatic carbocycles. The standard InChI is InChI=1S/C18H31N/c1-2-10-19-18(12-6-4-3-5-7-12)17-15-13-8-9-14(11-13)16(15)17/h12-19H,2-11H2,1H3. The first-order chi connectivity index (χ1) is 9.40. The molecule has 5 unspecified atom stereocenters. The lowest BCUT2D eigenvalue weighted by molar-refractivity contribution is 0.222. The van der Waals surface area contributed by atoms with Gasteiger partial charge in [0.2, 0.25) is 0 Å². The molecule has 4 rings (SSSR count). The Labute approximate surface area is 118 Å². The van der Waals surface area contributed by atoms with Crippen LogP contribution in [0.15, 0.2) is 0 Å². The molecule has 0 aromatic heterocycles. The van der Waals surface area contributed by atoms with Crippen molar-refractivity contribution in [2.24, 2.45) is 35.5 Å². The first kappa shape index (κ1) is 12.7. The summed E-state index contributed by atoms with van der Waals surface area (Å²) in [5.74, 6) is 6.74. The molecular weight excluding hydrogens is 230 g/mol. The molecule has 5 atom stereocenters. The highest BCUT2D eigenvalue weighted by molar-refractivity contribution is 5.16. The Morgan fingerprint density at radius 1 is 0.947 bits per heavy atom. The number of hydrogen-bond donors (Lipinski definition) is 1. The van der Waals surface area contributed by atoms with Gasteiger partial charge in [0.05, 0.1) is 0 Å². The van der Waals surface area contributed by atoms with Gasteiger partial charge in [-0.25, -0.2) is 0 Å². The van der Waals surface area contributed by atoms with E-state index in [1.807, 2.05) is 0 Å². The number of hydrogen-bond acceptors (Lipinski definition) is 1. The first-order valence-corrected chi connectivity index (χ1v) is 9.13. The van der Waals surface area contributed by atoms with Crippen LogP contribution in [0, 0.1) is 35.5 Å². The van der Waals surface area contributed by atoms with Crippen LogP contribution in [0.25, 0.3) is 0 Å². The predicted octanol–water partition coefficient (Wildman–Crippen LogP) is 4.23. The monoisotopic (exact) mass is 261 g/mol. The van der Waals surface area contributed by atoms with E-state index in [0.29, 0.717) is 0 Å². The molecule has 4 saturated carbocycles. The Balaban J connectivity index is 1.45. The third kappa shape index (κ3) is 2.07. The third-order valence-corrected chi connectivity index (χ3v) is 7.00. The van der Waals surface area contributed by atoms with Crippen molar-refractivity contribution >= 4 is 0 Å². The third-order valence-electron chi connectivity index (χ3n) is 7.00. The second-order valence-corrected chi connectivity index (χ2v) is 7.94. The van der Waals surface area contributed by atoms with Gasteiger partial charge in [-0.3, -0.25) is 0 Å². The molecule has 0 aromatic rings. The molecule has 0 aromatic carbocycles. The van der Waals surface area contributed by atoms with Gasteiger partial charge < -0.3 is 5.32 Å². The van der Waals surface area contributed by atoms with E-state index >= 15 is 0 Å². The molecule has 1 nitrogen and oxygen atoms in total. The Hall–Kier alpha value is -0.0400. The van der Waals surface area contributed by atoms with E-state index in [2.05, 4.69) is 12.2 Å². The fourth-order valence-electron chi connectivity index (χ4n) is 6.29. The molecule has 4 aliphatic rings. The number of fused-ring (bicyclic) bond motifs is 5. The summed E-state index contributed by atoms with van der Waals surface area (Å²) in [5, 5.41) is 4.00. The smallest absolute Gasteiger partial charge is 0.0129 e. The molecule has 0 spiro atoms. The molecule has 1 N–H and O–H groups in total. The van der Waals surface area contributed by atoms with Crippen molar-refractivity contribution in [1.82, 2.24) is 5.32 Å². The van der Waals surface area contributed by atoms with Gasteiger partial charge in [-0.2, -0.15) is 0 Å². The summed E-state index contributed by atoms with van der Waals surface area (Å²) in [5.41, 5.74) is 0. The van der Waals surface area contributed by atoms with Crippen molar-refractivity contribution in [3.8, 4) is 0 Å². The molecule has 1 heteroatoms. The number of nitrogens with one attached hydrogen (secondary N) is 1. The zero-order valence-corrected chi connectivity index (χ0v) is 12.6. The lowest BCUT2D eigenvalue weighted by atomic mass is 9.79. The molecule has 108 valence electrons. The van der Waals surface area contributed by atoms with Crippen LogP contribution in [0.4, 0.5) is 0 Å². The van der Waals surface area contributed by atoms with Crippen LogP contribution in [0.2, 0.25) is 0 Å². The minimum atomic E-state index is 0.902. The first-order valence-electron chi connectivity index (χ1n) is 9.13. The summed E-state index contributed by atoms with van der Waals surface area (Å²) >= 11 is 0. The molecule has 0 radical (unpaired) electrons. The summed E-state index contributed by atoms with van der Waals surface area (Å²) in [6.45, 7) is 3.58. The van der Waals surface area contributed by atoms with Crippen molar-refractivity contribution in [1.29, 1.82) is 0 Å². The van der Waals surface area contributed by atoms with Crippen LogP contribution in [0.5, 0.6) is 0 Å². The minimum absolute atomic E-state index is 0.902. The maximum absolute atomic E-state index is 4.00. The quantitative estimate of drug-likeness (QED) is 0.781. The van der Waals surface area contributed by atoms with E-state index in [1.165, 1.54) is 45.1 Å². The summed E-state index contributed by atoms with van der Waals surface area (Å²) in [6, 6.07) is 0.902. The zero-order chi connectivity index (χ0) is 12.8.